The lowest BCUT2D eigenvalue weighted by Gasteiger charge is -2.16. The minimum Gasteiger partial charge on any atom is -0.465 e. The Morgan fingerprint density at radius 1 is 1.37 bits per heavy atom. The maximum absolute atomic E-state index is 11.9. The summed E-state index contributed by atoms with van der Waals surface area (Å²) in [5.74, 6) is -0.115. The van der Waals surface area contributed by atoms with Gasteiger partial charge in [0.2, 0.25) is 0 Å². The van der Waals surface area contributed by atoms with Crippen LogP contribution in [0.4, 0.5) is 0 Å². The minimum atomic E-state index is -0.168. The summed E-state index contributed by atoms with van der Waals surface area (Å²) < 4.78 is 5.13. The van der Waals surface area contributed by atoms with Crippen molar-refractivity contribution < 1.29 is 9.53 Å². The van der Waals surface area contributed by atoms with Crippen molar-refractivity contribution in [2.45, 2.75) is 58.5 Å². The molecule has 1 aromatic heterocycles. The number of hydrogen-bond acceptors (Lipinski definition) is 4. The fourth-order valence-corrected chi connectivity index (χ4v) is 2.61. The van der Waals surface area contributed by atoms with E-state index >= 15 is 0 Å². The summed E-state index contributed by atoms with van der Waals surface area (Å²) in [4.78, 5) is 13.1. The maximum Gasteiger partial charge on any atom is 0.323 e. The zero-order chi connectivity index (χ0) is 13.9. The van der Waals surface area contributed by atoms with Gasteiger partial charge < -0.3 is 4.74 Å². The van der Waals surface area contributed by atoms with Crippen molar-refractivity contribution >= 4 is 17.3 Å². The quantitative estimate of drug-likeness (QED) is 0.525. The van der Waals surface area contributed by atoms with Gasteiger partial charge in [0, 0.05) is 11.4 Å². The highest BCUT2D eigenvalue weighted by Crippen LogP contribution is 2.11. The monoisotopic (exact) mass is 283 g/mol. The summed E-state index contributed by atoms with van der Waals surface area (Å²) in [6.07, 6.45) is 5.58. The lowest BCUT2D eigenvalue weighted by molar-refractivity contribution is -0.145. The van der Waals surface area contributed by atoms with E-state index in [4.69, 9.17) is 4.74 Å². The number of carbonyl (C=O) groups excluding carboxylic acids is 1. The van der Waals surface area contributed by atoms with Crippen LogP contribution >= 0.6 is 11.3 Å². The molecule has 0 amide bonds. The lowest BCUT2D eigenvalue weighted by Crippen LogP contribution is -2.37. The number of esters is 1. The molecular formula is C15H25NO2S. The van der Waals surface area contributed by atoms with Crippen molar-refractivity contribution in [3.63, 3.8) is 0 Å². The van der Waals surface area contributed by atoms with Gasteiger partial charge in [-0.3, -0.25) is 10.1 Å². The summed E-state index contributed by atoms with van der Waals surface area (Å²) in [5.41, 5.74) is 0. The fraction of sp³-hybridized carbons (Fsp3) is 0.667. The van der Waals surface area contributed by atoms with Gasteiger partial charge in [0.05, 0.1) is 6.61 Å². The molecule has 0 spiro atoms. The van der Waals surface area contributed by atoms with Crippen LogP contribution in [0.25, 0.3) is 0 Å². The van der Waals surface area contributed by atoms with E-state index < -0.39 is 0 Å². The van der Waals surface area contributed by atoms with Crippen LogP contribution in [0, 0.1) is 0 Å². The first-order valence-electron chi connectivity index (χ1n) is 7.20. The zero-order valence-corrected chi connectivity index (χ0v) is 12.8. The molecule has 0 bridgehead atoms. The molecule has 0 aliphatic heterocycles. The minimum absolute atomic E-state index is 0.115. The first-order chi connectivity index (χ1) is 9.27. The largest absolute Gasteiger partial charge is 0.465 e. The van der Waals surface area contributed by atoms with Crippen molar-refractivity contribution in [1.29, 1.82) is 0 Å². The number of ether oxygens (including phenoxy) is 1. The SMILES string of the molecule is CCCCCCC(NCc1cccs1)C(=O)OCC. The van der Waals surface area contributed by atoms with Crippen molar-refractivity contribution in [1.82, 2.24) is 5.32 Å². The molecule has 1 heterocycles. The van der Waals surface area contributed by atoms with E-state index in [9.17, 15) is 4.79 Å². The summed E-state index contributed by atoms with van der Waals surface area (Å²) >= 11 is 1.71. The molecular weight excluding hydrogens is 258 g/mol. The molecule has 0 saturated heterocycles. The van der Waals surface area contributed by atoms with Crippen molar-refractivity contribution in [2.75, 3.05) is 6.61 Å². The van der Waals surface area contributed by atoms with Gasteiger partial charge in [0.25, 0.3) is 0 Å². The second kappa shape index (κ2) is 9.98. The van der Waals surface area contributed by atoms with Crippen LogP contribution in [-0.2, 0) is 16.1 Å². The summed E-state index contributed by atoms with van der Waals surface area (Å²) in [7, 11) is 0. The van der Waals surface area contributed by atoms with Crippen LogP contribution < -0.4 is 5.32 Å². The Bertz CT molecular complexity index is 338. The standard InChI is InChI=1S/C15H25NO2S/c1-3-5-6-7-10-14(15(17)18-4-2)16-12-13-9-8-11-19-13/h8-9,11,14,16H,3-7,10,12H2,1-2H3. The molecule has 4 heteroatoms. The summed E-state index contributed by atoms with van der Waals surface area (Å²) in [6.45, 7) is 5.24. The average Bonchev–Trinajstić information content (AvgIpc) is 2.91. The molecule has 0 saturated carbocycles. The van der Waals surface area contributed by atoms with Crippen LogP contribution in [0.5, 0.6) is 0 Å². The molecule has 1 aromatic rings. The first-order valence-corrected chi connectivity index (χ1v) is 8.08. The van der Waals surface area contributed by atoms with Gasteiger partial charge in [-0.25, -0.2) is 0 Å². The Balaban J connectivity index is 2.37. The van der Waals surface area contributed by atoms with Crippen molar-refractivity contribution in [2.24, 2.45) is 0 Å². The van der Waals surface area contributed by atoms with Gasteiger partial charge in [-0.1, -0.05) is 38.7 Å². The third-order valence-electron chi connectivity index (χ3n) is 3.02. The maximum atomic E-state index is 11.9. The predicted molar refractivity (Wildman–Crippen MR) is 80.3 cm³/mol. The van der Waals surface area contributed by atoms with Crippen molar-refractivity contribution in [3.05, 3.63) is 22.4 Å². The van der Waals surface area contributed by atoms with E-state index in [1.807, 2.05) is 13.0 Å². The van der Waals surface area contributed by atoms with Gasteiger partial charge in [0.15, 0.2) is 0 Å². The highest BCUT2D eigenvalue weighted by molar-refractivity contribution is 7.09. The smallest absolute Gasteiger partial charge is 0.323 e. The molecule has 1 N–H and O–H groups in total. The van der Waals surface area contributed by atoms with Gasteiger partial charge in [-0.15, -0.1) is 11.3 Å². The van der Waals surface area contributed by atoms with Crippen LogP contribution in [0.3, 0.4) is 0 Å². The van der Waals surface area contributed by atoms with Crippen LogP contribution in [0.15, 0.2) is 17.5 Å². The molecule has 0 aliphatic rings. The molecule has 0 aromatic carbocycles. The number of rotatable bonds is 10. The molecule has 108 valence electrons. The number of carbonyl (C=O) groups is 1. The van der Waals surface area contributed by atoms with E-state index in [2.05, 4.69) is 23.7 Å². The van der Waals surface area contributed by atoms with Gasteiger partial charge in [-0.2, -0.15) is 0 Å². The van der Waals surface area contributed by atoms with Crippen LogP contribution in [0.2, 0.25) is 0 Å². The predicted octanol–water partition coefficient (Wildman–Crippen LogP) is 3.74. The normalized spacial score (nSPS) is 12.3. The van der Waals surface area contributed by atoms with Crippen LogP contribution in [-0.4, -0.2) is 18.6 Å². The van der Waals surface area contributed by atoms with E-state index in [1.165, 1.54) is 24.1 Å². The third-order valence-corrected chi connectivity index (χ3v) is 3.90. The molecule has 0 aliphatic carbocycles. The number of unbranched alkanes of at least 4 members (excludes halogenated alkanes) is 3. The Morgan fingerprint density at radius 2 is 2.21 bits per heavy atom. The first kappa shape index (κ1) is 16.2. The molecule has 1 rings (SSSR count). The van der Waals surface area contributed by atoms with E-state index in [1.54, 1.807) is 11.3 Å². The third kappa shape index (κ3) is 6.73. The van der Waals surface area contributed by atoms with E-state index in [0.29, 0.717) is 6.61 Å². The molecule has 19 heavy (non-hydrogen) atoms. The Labute approximate surface area is 120 Å². The van der Waals surface area contributed by atoms with Crippen LogP contribution in [0.1, 0.15) is 50.8 Å². The Hall–Kier alpha value is -0.870. The van der Waals surface area contributed by atoms with E-state index in [0.717, 1.165) is 19.4 Å². The van der Waals surface area contributed by atoms with Gasteiger partial charge in [-0.05, 0) is 24.8 Å². The molecule has 1 atom stereocenters. The number of hydrogen-bond donors (Lipinski definition) is 1. The zero-order valence-electron chi connectivity index (χ0n) is 12.0. The Morgan fingerprint density at radius 3 is 2.84 bits per heavy atom. The molecule has 0 radical (unpaired) electrons. The molecule has 3 nitrogen and oxygen atoms in total. The number of thiophene rings is 1. The molecule has 0 fully saturated rings. The van der Waals surface area contributed by atoms with Crippen molar-refractivity contribution in [3.8, 4) is 0 Å². The Kier molecular flexibility index (Phi) is 8.50. The van der Waals surface area contributed by atoms with Gasteiger partial charge >= 0.3 is 5.97 Å². The average molecular weight is 283 g/mol. The van der Waals surface area contributed by atoms with Gasteiger partial charge in [0.1, 0.15) is 6.04 Å². The second-order valence-electron chi connectivity index (χ2n) is 4.61. The summed E-state index contributed by atoms with van der Waals surface area (Å²) in [5, 5.41) is 5.37. The van der Waals surface area contributed by atoms with E-state index in [-0.39, 0.29) is 12.0 Å². The number of nitrogens with one attached hydrogen (secondary N) is 1. The molecule has 1 unspecified atom stereocenters. The topological polar surface area (TPSA) is 38.3 Å². The highest BCUT2D eigenvalue weighted by atomic mass is 32.1. The fourth-order valence-electron chi connectivity index (χ4n) is 1.96. The second-order valence-corrected chi connectivity index (χ2v) is 5.65. The lowest BCUT2D eigenvalue weighted by atomic mass is 10.1. The summed E-state index contributed by atoms with van der Waals surface area (Å²) in [6, 6.07) is 3.94. The highest BCUT2D eigenvalue weighted by Gasteiger charge is 2.18.